The summed E-state index contributed by atoms with van der Waals surface area (Å²) in [5.74, 6) is 0. The minimum absolute atomic E-state index is 0.487. The molecule has 0 spiro atoms. The molecule has 0 amide bonds. The Morgan fingerprint density at radius 2 is 0.556 bits per heavy atom. The van der Waals surface area contributed by atoms with E-state index in [4.69, 9.17) is 0 Å². The Kier molecular flexibility index (Phi) is 5.64. The zero-order chi connectivity index (χ0) is 18.4. The molecule has 0 aliphatic heterocycles. The molecule has 0 unspecified atom stereocenters. The van der Waals surface area contributed by atoms with Crippen molar-refractivity contribution in [2.75, 3.05) is 0 Å². The Hall–Kier alpha value is -0.00260. The number of aryl methyl sites for hydroxylation is 2. The maximum atomic E-state index is 2.41. The normalized spacial score (nSPS) is 11.3. The van der Waals surface area contributed by atoms with Gasteiger partial charge in [-0.1, -0.05) is 0 Å². The standard InChI is InChI=1S/C22H16Se5/c1-13-3-5-15(23-13)17-7-9-19(25-17)21-11-12-22(27-21)20-10-8-18(26-20)16-6-4-14(2)24-16/h3-12H,1-2H3. The zero-order valence-corrected chi connectivity index (χ0v) is 23.4. The second kappa shape index (κ2) is 8.02. The molecular weight excluding hydrogens is 659 g/mol. The van der Waals surface area contributed by atoms with Crippen molar-refractivity contribution in [3.05, 3.63) is 69.5 Å². The number of hydrogen-bond donors (Lipinski definition) is 0. The topological polar surface area (TPSA) is 0 Å². The average Bonchev–Trinajstić information content (AvgIpc) is 3.44. The van der Waals surface area contributed by atoms with Crippen molar-refractivity contribution < 1.29 is 0 Å². The van der Waals surface area contributed by atoms with Gasteiger partial charge in [0, 0.05) is 0 Å². The predicted molar refractivity (Wildman–Crippen MR) is 122 cm³/mol. The summed E-state index contributed by atoms with van der Waals surface area (Å²) in [6.07, 6.45) is 0. The van der Waals surface area contributed by atoms with E-state index in [0.717, 1.165) is 0 Å². The zero-order valence-electron chi connectivity index (χ0n) is 14.8. The summed E-state index contributed by atoms with van der Waals surface area (Å²) in [5, 5.41) is 0. The predicted octanol–water partition coefficient (Wildman–Crippen LogP) is 4.26. The SMILES string of the molecule is Cc1ccc(-c2ccc(-c3ccc(-c4ccc(-c5ccc(C)[se]5)[se]4)[se]3)[se]2)[se]1. The van der Waals surface area contributed by atoms with Crippen molar-refractivity contribution in [1.82, 2.24) is 0 Å². The van der Waals surface area contributed by atoms with Gasteiger partial charge in [-0.05, 0) is 0 Å². The van der Waals surface area contributed by atoms with E-state index in [9.17, 15) is 0 Å². The van der Waals surface area contributed by atoms with Gasteiger partial charge in [-0.25, -0.2) is 0 Å². The molecule has 0 atom stereocenters. The summed E-state index contributed by atoms with van der Waals surface area (Å²) in [5.41, 5.74) is 0. The molecule has 0 nitrogen and oxygen atoms in total. The maximum absolute atomic E-state index is 2.41. The molecule has 0 fully saturated rings. The molecule has 0 bridgehead atoms. The van der Waals surface area contributed by atoms with Crippen LogP contribution < -0.4 is 0 Å². The molecular formula is C22H16Se5. The van der Waals surface area contributed by atoms with Gasteiger partial charge in [0.1, 0.15) is 0 Å². The summed E-state index contributed by atoms with van der Waals surface area (Å²) < 4.78 is 16.0. The van der Waals surface area contributed by atoms with Crippen molar-refractivity contribution in [3.63, 3.8) is 0 Å². The molecule has 5 heteroatoms. The Balaban J connectivity index is 1.42. The summed E-state index contributed by atoms with van der Waals surface area (Å²) in [6, 6.07) is 23.7. The third-order valence-electron chi connectivity index (χ3n) is 4.27. The van der Waals surface area contributed by atoms with E-state index in [0.29, 0.717) is 72.5 Å². The number of rotatable bonds is 4. The Bertz CT molecular complexity index is 1110. The fourth-order valence-corrected chi connectivity index (χ4v) is 15.2. The second-order valence-corrected chi connectivity index (χ2v) is 18.5. The second-order valence-electron chi connectivity index (χ2n) is 6.31. The van der Waals surface area contributed by atoms with E-state index in [1.165, 1.54) is 0 Å². The van der Waals surface area contributed by atoms with E-state index in [-0.39, 0.29) is 0 Å². The van der Waals surface area contributed by atoms with E-state index in [2.05, 4.69) is 74.5 Å². The van der Waals surface area contributed by atoms with Gasteiger partial charge in [-0.3, -0.25) is 0 Å². The summed E-state index contributed by atoms with van der Waals surface area (Å²) >= 11 is 2.63. The third kappa shape index (κ3) is 4.02. The van der Waals surface area contributed by atoms with Crippen LogP contribution in [-0.2, 0) is 0 Å². The van der Waals surface area contributed by atoms with E-state index < -0.39 is 0 Å². The van der Waals surface area contributed by atoms with Crippen LogP contribution in [-0.4, -0.2) is 72.5 Å². The molecule has 5 heterocycles. The fourth-order valence-electron chi connectivity index (χ4n) is 2.94. The molecule has 0 aliphatic carbocycles. The molecule has 5 rings (SSSR count). The molecule has 0 saturated heterocycles. The van der Waals surface area contributed by atoms with Crippen LogP contribution in [0.2, 0.25) is 0 Å². The monoisotopic (exact) mass is 680 g/mol. The van der Waals surface area contributed by atoms with Crippen LogP contribution in [0.15, 0.2) is 60.7 Å². The van der Waals surface area contributed by atoms with Gasteiger partial charge in [0.05, 0.1) is 0 Å². The molecule has 0 aliphatic rings. The molecule has 0 radical (unpaired) electrons. The molecule has 0 N–H and O–H groups in total. The van der Waals surface area contributed by atoms with Crippen LogP contribution in [0.5, 0.6) is 0 Å². The van der Waals surface area contributed by atoms with Crippen molar-refractivity contribution in [2.24, 2.45) is 0 Å². The third-order valence-corrected chi connectivity index (χ3v) is 18.5. The fraction of sp³-hybridized carbons (Fsp3) is 0.0909. The van der Waals surface area contributed by atoms with Crippen molar-refractivity contribution in [1.29, 1.82) is 0 Å². The van der Waals surface area contributed by atoms with E-state index in [1.807, 2.05) is 0 Å². The van der Waals surface area contributed by atoms with Gasteiger partial charge in [-0.2, -0.15) is 0 Å². The Labute approximate surface area is 189 Å². The molecule has 134 valence electrons. The van der Waals surface area contributed by atoms with Crippen LogP contribution in [0.1, 0.15) is 8.87 Å². The van der Waals surface area contributed by atoms with Crippen LogP contribution in [0.3, 0.4) is 0 Å². The van der Waals surface area contributed by atoms with Gasteiger partial charge in [0.25, 0.3) is 0 Å². The van der Waals surface area contributed by atoms with Crippen molar-refractivity contribution in [3.8, 4) is 35.5 Å². The van der Waals surface area contributed by atoms with Crippen molar-refractivity contribution in [2.45, 2.75) is 13.8 Å². The summed E-state index contributed by atoms with van der Waals surface area (Å²) in [4.78, 5) is 0. The van der Waals surface area contributed by atoms with Crippen LogP contribution in [0.4, 0.5) is 0 Å². The van der Waals surface area contributed by atoms with Crippen molar-refractivity contribution >= 4 is 72.5 Å². The van der Waals surface area contributed by atoms with Crippen LogP contribution >= 0.6 is 0 Å². The molecule has 27 heavy (non-hydrogen) atoms. The first kappa shape index (κ1) is 19.0. The average molecular weight is 675 g/mol. The summed E-state index contributed by atoms with van der Waals surface area (Å²) in [6.45, 7) is 4.53. The molecule has 0 aromatic carbocycles. The van der Waals surface area contributed by atoms with Crippen LogP contribution in [0, 0.1) is 13.8 Å². The summed E-state index contributed by atoms with van der Waals surface area (Å²) in [7, 11) is 0. The molecule has 5 aromatic rings. The number of hydrogen-bond acceptors (Lipinski definition) is 0. The first-order valence-electron chi connectivity index (χ1n) is 8.59. The van der Waals surface area contributed by atoms with Gasteiger partial charge >= 0.3 is 191 Å². The first-order valence-corrected chi connectivity index (χ1v) is 17.2. The first-order chi connectivity index (χ1) is 13.2. The Morgan fingerprint density at radius 3 is 0.778 bits per heavy atom. The van der Waals surface area contributed by atoms with Gasteiger partial charge in [0.2, 0.25) is 0 Å². The quantitative estimate of drug-likeness (QED) is 0.250. The van der Waals surface area contributed by atoms with E-state index in [1.54, 1.807) is 44.4 Å². The molecule has 0 saturated carbocycles. The Morgan fingerprint density at radius 1 is 0.333 bits per heavy atom. The van der Waals surface area contributed by atoms with Crippen LogP contribution in [0.25, 0.3) is 35.5 Å². The van der Waals surface area contributed by atoms with Gasteiger partial charge in [0.15, 0.2) is 0 Å². The minimum atomic E-state index is 0.487. The van der Waals surface area contributed by atoms with Gasteiger partial charge in [-0.15, -0.1) is 0 Å². The van der Waals surface area contributed by atoms with E-state index >= 15 is 0 Å². The molecule has 5 aromatic heterocycles. The van der Waals surface area contributed by atoms with Gasteiger partial charge < -0.3 is 0 Å².